The summed E-state index contributed by atoms with van der Waals surface area (Å²) in [5, 5.41) is 7.77. The monoisotopic (exact) mass is 377 g/mol. The molecule has 0 saturated carbocycles. The van der Waals surface area contributed by atoms with Gasteiger partial charge in [-0.15, -0.1) is 11.3 Å². The minimum atomic E-state index is -0.679. The van der Waals surface area contributed by atoms with E-state index in [2.05, 4.69) is 15.6 Å². The third kappa shape index (κ3) is 5.36. The van der Waals surface area contributed by atoms with Crippen LogP contribution in [0.25, 0.3) is 17.3 Å². The van der Waals surface area contributed by atoms with Gasteiger partial charge < -0.3 is 10.6 Å². The first-order valence-electron chi connectivity index (χ1n) is 8.47. The number of hydrogen-bond donors (Lipinski definition) is 2. The second-order valence-electron chi connectivity index (χ2n) is 5.87. The summed E-state index contributed by atoms with van der Waals surface area (Å²) in [7, 11) is 0. The normalized spacial score (nSPS) is 11.9. The molecule has 0 aliphatic carbocycles. The van der Waals surface area contributed by atoms with Gasteiger partial charge in [0.05, 0.1) is 5.69 Å². The van der Waals surface area contributed by atoms with Crippen molar-refractivity contribution in [2.24, 2.45) is 0 Å². The van der Waals surface area contributed by atoms with E-state index in [1.807, 2.05) is 66.0 Å². The van der Waals surface area contributed by atoms with Crippen molar-refractivity contribution >= 4 is 34.4 Å². The Hall–Kier alpha value is -3.25. The van der Waals surface area contributed by atoms with Gasteiger partial charge in [-0.1, -0.05) is 60.7 Å². The Morgan fingerprint density at radius 3 is 2.41 bits per heavy atom. The Morgan fingerprint density at radius 2 is 1.70 bits per heavy atom. The fourth-order valence-corrected chi connectivity index (χ4v) is 3.07. The van der Waals surface area contributed by atoms with E-state index in [0.29, 0.717) is 5.13 Å². The number of aromatic nitrogens is 1. The van der Waals surface area contributed by atoms with Crippen LogP contribution >= 0.6 is 11.3 Å². The van der Waals surface area contributed by atoms with E-state index in [4.69, 9.17) is 0 Å². The molecule has 3 rings (SSSR count). The minimum Gasteiger partial charge on any atom is -0.341 e. The van der Waals surface area contributed by atoms with E-state index >= 15 is 0 Å². The van der Waals surface area contributed by atoms with Crippen LogP contribution in [0.15, 0.2) is 72.1 Å². The molecule has 2 amide bonds. The van der Waals surface area contributed by atoms with Gasteiger partial charge in [-0.05, 0) is 18.6 Å². The third-order valence-electron chi connectivity index (χ3n) is 3.78. The van der Waals surface area contributed by atoms with Crippen LogP contribution < -0.4 is 10.6 Å². The van der Waals surface area contributed by atoms with Crippen LogP contribution in [0.2, 0.25) is 0 Å². The molecule has 2 N–H and O–H groups in total. The number of rotatable bonds is 6. The largest absolute Gasteiger partial charge is 0.341 e. The van der Waals surface area contributed by atoms with E-state index in [-0.39, 0.29) is 11.8 Å². The van der Waals surface area contributed by atoms with Crippen LogP contribution in [0, 0.1) is 0 Å². The highest BCUT2D eigenvalue weighted by Gasteiger charge is 2.16. The molecular formula is C21H19N3O2S. The number of carbonyl (C=O) groups is 2. The number of benzene rings is 2. The number of carbonyl (C=O) groups excluding carboxylic acids is 2. The van der Waals surface area contributed by atoms with E-state index in [0.717, 1.165) is 16.8 Å². The van der Waals surface area contributed by atoms with Crippen molar-refractivity contribution in [2.75, 3.05) is 5.32 Å². The molecule has 0 spiro atoms. The summed E-state index contributed by atoms with van der Waals surface area (Å²) in [4.78, 5) is 28.7. The fourth-order valence-electron chi connectivity index (χ4n) is 2.35. The Bertz CT molecular complexity index is 936. The molecule has 136 valence electrons. The maximum absolute atomic E-state index is 12.3. The number of nitrogens with one attached hydrogen (secondary N) is 2. The van der Waals surface area contributed by atoms with Gasteiger partial charge in [0, 0.05) is 17.0 Å². The van der Waals surface area contributed by atoms with Crippen LogP contribution in [0.5, 0.6) is 0 Å². The lowest BCUT2D eigenvalue weighted by Crippen LogP contribution is -2.40. The molecule has 0 saturated heterocycles. The van der Waals surface area contributed by atoms with Gasteiger partial charge in [-0.3, -0.25) is 9.59 Å². The zero-order chi connectivity index (χ0) is 19.1. The Balaban J connectivity index is 1.54. The predicted molar refractivity (Wildman–Crippen MR) is 109 cm³/mol. The van der Waals surface area contributed by atoms with E-state index < -0.39 is 6.04 Å². The molecule has 0 aliphatic heterocycles. The highest BCUT2D eigenvalue weighted by molar-refractivity contribution is 7.14. The van der Waals surface area contributed by atoms with Gasteiger partial charge in [-0.25, -0.2) is 4.98 Å². The van der Waals surface area contributed by atoms with Crippen molar-refractivity contribution in [1.82, 2.24) is 10.3 Å². The molecule has 0 fully saturated rings. The molecule has 5 nitrogen and oxygen atoms in total. The van der Waals surface area contributed by atoms with E-state index in [9.17, 15) is 9.59 Å². The first-order chi connectivity index (χ1) is 13.1. The highest BCUT2D eigenvalue weighted by Crippen LogP contribution is 2.24. The minimum absolute atomic E-state index is 0.314. The fraction of sp³-hybridized carbons (Fsp3) is 0.0952. The van der Waals surface area contributed by atoms with Gasteiger partial charge in [0.15, 0.2) is 5.13 Å². The molecule has 3 aromatic rings. The molecule has 0 bridgehead atoms. The number of nitrogens with zero attached hydrogens (tertiary/aromatic N) is 1. The average molecular weight is 377 g/mol. The van der Waals surface area contributed by atoms with Crippen LogP contribution in [-0.2, 0) is 9.59 Å². The molecule has 0 radical (unpaired) electrons. The molecule has 2 aromatic carbocycles. The summed E-state index contributed by atoms with van der Waals surface area (Å²) in [5.41, 5.74) is 2.71. The quantitative estimate of drug-likeness (QED) is 0.639. The van der Waals surface area contributed by atoms with Crippen LogP contribution in [0.3, 0.4) is 0 Å². The summed E-state index contributed by atoms with van der Waals surface area (Å²) in [6.45, 7) is 1.63. The van der Waals surface area contributed by atoms with Gasteiger partial charge in [-0.2, -0.15) is 0 Å². The standard InChI is InChI=1S/C21H19N3O2S/c1-15(22-19(25)13-12-16-8-4-2-5-9-16)20(26)24-21-23-18(14-27-21)17-10-6-3-7-11-17/h2-15H,1H3,(H,22,25)(H,23,24,26)/b13-12+. The molecule has 1 unspecified atom stereocenters. The second-order valence-corrected chi connectivity index (χ2v) is 6.73. The van der Waals surface area contributed by atoms with Crippen molar-refractivity contribution in [1.29, 1.82) is 0 Å². The van der Waals surface area contributed by atoms with Crippen molar-refractivity contribution in [2.45, 2.75) is 13.0 Å². The molecule has 0 aliphatic rings. The topological polar surface area (TPSA) is 71.1 Å². The molecule has 1 heterocycles. The second kappa shape index (κ2) is 8.91. The van der Waals surface area contributed by atoms with Crippen molar-refractivity contribution in [3.05, 3.63) is 77.7 Å². The van der Waals surface area contributed by atoms with E-state index in [1.54, 1.807) is 13.0 Å². The molecular weight excluding hydrogens is 358 g/mol. The summed E-state index contributed by atoms with van der Waals surface area (Å²) in [6.07, 6.45) is 3.11. The SMILES string of the molecule is CC(NC(=O)/C=C/c1ccccc1)C(=O)Nc1nc(-c2ccccc2)cs1. The van der Waals surface area contributed by atoms with Gasteiger partial charge in [0.25, 0.3) is 0 Å². The Kier molecular flexibility index (Phi) is 6.12. The summed E-state index contributed by atoms with van der Waals surface area (Å²) in [6, 6.07) is 18.5. The first-order valence-corrected chi connectivity index (χ1v) is 9.35. The van der Waals surface area contributed by atoms with Gasteiger partial charge in [0.2, 0.25) is 11.8 Å². The number of anilines is 1. The zero-order valence-electron chi connectivity index (χ0n) is 14.8. The zero-order valence-corrected chi connectivity index (χ0v) is 15.6. The summed E-state index contributed by atoms with van der Waals surface area (Å²) >= 11 is 1.35. The number of thiazole rings is 1. The van der Waals surface area contributed by atoms with Gasteiger partial charge >= 0.3 is 0 Å². The highest BCUT2D eigenvalue weighted by atomic mass is 32.1. The van der Waals surface area contributed by atoms with E-state index in [1.165, 1.54) is 17.4 Å². The lowest BCUT2D eigenvalue weighted by atomic mass is 10.2. The smallest absolute Gasteiger partial charge is 0.248 e. The van der Waals surface area contributed by atoms with Crippen LogP contribution in [-0.4, -0.2) is 22.8 Å². The lowest BCUT2D eigenvalue weighted by molar-refractivity contribution is -0.123. The predicted octanol–water partition coefficient (Wildman–Crippen LogP) is 3.97. The number of hydrogen-bond acceptors (Lipinski definition) is 4. The molecule has 1 aromatic heterocycles. The molecule has 6 heteroatoms. The maximum Gasteiger partial charge on any atom is 0.248 e. The van der Waals surface area contributed by atoms with Crippen LogP contribution in [0.4, 0.5) is 5.13 Å². The maximum atomic E-state index is 12.3. The Morgan fingerprint density at radius 1 is 1.04 bits per heavy atom. The summed E-state index contributed by atoms with van der Waals surface area (Å²) < 4.78 is 0. The molecule has 1 atom stereocenters. The van der Waals surface area contributed by atoms with Crippen molar-refractivity contribution in [3.63, 3.8) is 0 Å². The molecule has 27 heavy (non-hydrogen) atoms. The lowest BCUT2D eigenvalue weighted by Gasteiger charge is -2.11. The Labute approximate surface area is 161 Å². The van der Waals surface area contributed by atoms with Gasteiger partial charge in [0.1, 0.15) is 6.04 Å². The van der Waals surface area contributed by atoms with Crippen molar-refractivity contribution in [3.8, 4) is 11.3 Å². The number of amides is 2. The van der Waals surface area contributed by atoms with Crippen molar-refractivity contribution < 1.29 is 9.59 Å². The summed E-state index contributed by atoms with van der Waals surface area (Å²) in [5.74, 6) is -0.643. The first kappa shape index (κ1) is 18.5. The third-order valence-corrected chi connectivity index (χ3v) is 4.54. The average Bonchev–Trinajstić information content (AvgIpc) is 3.16. The van der Waals surface area contributed by atoms with Crippen LogP contribution in [0.1, 0.15) is 12.5 Å².